The number of aliphatic carboxylic acids is 1. The van der Waals surface area contributed by atoms with E-state index in [4.69, 9.17) is 14.6 Å². The molecule has 146 valence electrons. The Morgan fingerprint density at radius 1 is 1.15 bits per heavy atom. The first-order valence-corrected chi connectivity index (χ1v) is 7.79. The van der Waals surface area contributed by atoms with Crippen LogP contribution in [0.5, 0.6) is 5.75 Å². The van der Waals surface area contributed by atoms with Gasteiger partial charge in [-0.1, -0.05) is 13.8 Å². The first kappa shape index (κ1) is 21.8. The summed E-state index contributed by atoms with van der Waals surface area (Å²) in [7, 11) is 1.45. The highest BCUT2D eigenvalue weighted by atomic mass is 19.4. The molecule has 6 nitrogen and oxygen atoms in total. The molecule has 2 N–H and O–H groups in total. The lowest BCUT2D eigenvalue weighted by atomic mass is 9.85. The van der Waals surface area contributed by atoms with E-state index in [1.165, 1.54) is 7.11 Å². The van der Waals surface area contributed by atoms with Crippen molar-refractivity contribution in [1.82, 2.24) is 0 Å². The van der Waals surface area contributed by atoms with Crippen LogP contribution in [0.3, 0.4) is 0 Å². The van der Waals surface area contributed by atoms with Gasteiger partial charge in [-0.2, -0.15) is 13.2 Å². The van der Waals surface area contributed by atoms with E-state index in [9.17, 15) is 22.8 Å². The van der Waals surface area contributed by atoms with Gasteiger partial charge in [0.25, 0.3) is 0 Å². The third-order valence-corrected chi connectivity index (χ3v) is 3.39. The lowest BCUT2D eigenvalue weighted by Gasteiger charge is -2.22. The minimum Gasteiger partial charge on any atom is -0.489 e. The maximum atomic E-state index is 12.9. The van der Waals surface area contributed by atoms with Crippen molar-refractivity contribution in [2.24, 2.45) is 5.41 Å². The zero-order chi connectivity index (χ0) is 20.0. The van der Waals surface area contributed by atoms with Crippen LogP contribution in [-0.4, -0.2) is 37.3 Å². The molecule has 1 aromatic rings. The molecule has 0 aliphatic rings. The zero-order valence-corrected chi connectivity index (χ0v) is 14.8. The number of carbonyl (C=O) groups is 2. The maximum Gasteiger partial charge on any atom is 0.416 e. The van der Waals surface area contributed by atoms with Crippen molar-refractivity contribution in [3.8, 4) is 5.75 Å². The summed E-state index contributed by atoms with van der Waals surface area (Å²) in [4.78, 5) is 23.0. The smallest absolute Gasteiger partial charge is 0.416 e. The van der Waals surface area contributed by atoms with Gasteiger partial charge in [0.1, 0.15) is 12.4 Å². The minimum atomic E-state index is -4.58. The van der Waals surface area contributed by atoms with Crippen LogP contribution >= 0.6 is 0 Å². The van der Waals surface area contributed by atoms with Crippen LogP contribution in [-0.2, 0) is 20.5 Å². The van der Waals surface area contributed by atoms with Crippen LogP contribution in [0, 0.1) is 5.41 Å². The Kier molecular flexibility index (Phi) is 7.43. The molecule has 0 aliphatic carbocycles. The van der Waals surface area contributed by atoms with Crippen molar-refractivity contribution >= 4 is 17.6 Å². The average molecular weight is 377 g/mol. The summed E-state index contributed by atoms with van der Waals surface area (Å²) >= 11 is 0. The molecule has 1 rings (SSSR count). The molecule has 0 atom stereocenters. The van der Waals surface area contributed by atoms with E-state index in [1.807, 2.05) is 0 Å². The molecule has 0 bridgehead atoms. The fourth-order valence-electron chi connectivity index (χ4n) is 2.27. The molecule has 0 saturated heterocycles. The first-order chi connectivity index (χ1) is 11.9. The molecular weight excluding hydrogens is 355 g/mol. The van der Waals surface area contributed by atoms with Gasteiger partial charge in [0, 0.05) is 13.5 Å². The van der Waals surface area contributed by atoms with Gasteiger partial charge in [-0.3, -0.25) is 9.59 Å². The topological polar surface area (TPSA) is 84.9 Å². The molecule has 9 heteroatoms. The molecule has 0 aromatic heterocycles. The predicted molar refractivity (Wildman–Crippen MR) is 88.1 cm³/mol. The first-order valence-electron chi connectivity index (χ1n) is 7.79. The number of rotatable bonds is 9. The van der Waals surface area contributed by atoms with Gasteiger partial charge in [0.2, 0.25) is 5.91 Å². The number of ether oxygens (including phenoxy) is 2. The molecule has 26 heavy (non-hydrogen) atoms. The molecule has 0 aliphatic heterocycles. The zero-order valence-electron chi connectivity index (χ0n) is 14.8. The minimum absolute atomic E-state index is 0.0689. The van der Waals surface area contributed by atoms with Crippen molar-refractivity contribution in [3.05, 3.63) is 23.8 Å². The number of carboxylic acids is 1. The van der Waals surface area contributed by atoms with Crippen LogP contribution in [0.15, 0.2) is 18.2 Å². The van der Waals surface area contributed by atoms with Crippen LogP contribution in [0.1, 0.15) is 32.3 Å². The number of anilines is 1. The monoisotopic (exact) mass is 377 g/mol. The Hall–Kier alpha value is -2.29. The maximum absolute atomic E-state index is 12.9. The summed E-state index contributed by atoms with van der Waals surface area (Å²) in [5.41, 5.74) is -1.92. The Balaban J connectivity index is 2.98. The Morgan fingerprint density at radius 3 is 2.35 bits per heavy atom. The highest BCUT2D eigenvalue weighted by Crippen LogP contribution is 2.35. The fourth-order valence-corrected chi connectivity index (χ4v) is 2.27. The highest BCUT2D eigenvalue weighted by Gasteiger charge is 2.32. The molecule has 0 unspecified atom stereocenters. The van der Waals surface area contributed by atoms with E-state index in [2.05, 4.69) is 5.32 Å². The van der Waals surface area contributed by atoms with Crippen LogP contribution in [0.4, 0.5) is 18.9 Å². The summed E-state index contributed by atoms with van der Waals surface area (Å²) in [6.45, 7) is 3.49. The summed E-state index contributed by atoms with van der Waals surface area (Å²) in [5, 5.41) is 11.2. The molecule has 0 radical (unpaired) electrons. The molecule has 0 spiro atoms. The SMILES string of the molecule is COCCOc1ccc(C(F)(F)F)cc1NC(=O)CC(C)(C)CC(=O)O. The number of hydrogen-bond acceptors (Lipinski definition) is 4. The number of carbonyl (C=O) groups excluding carboxylic acids is 1. The number of benzene rings is 1. The van der Waals surface area contributed by atoms with Gasteiger partial charge in [0.05, 0.1) is 24.3 Å². The van der Waals surface area contributed by atoms with E-state index < -0.39 is 29.0 Å². The number of alkyl halides is 3. The molecular formula is C17H22F3NO5. The Morgan fingerprint density at radius 2 is 1.81 bits per heavy atom. The van der Waals surface area contributed by atoms with Crippen LogP contribution < -0.4 is 10.1 Å². The van der Waals surface area contributed by atoms with Crippen molar-refractivity contribution in [2.75, 3.05) is 25.6 Å². The van der Waals surface area contributed by atoms with Gasteiger partial charge in [0.15, 0.2) is 0 Å². The summed E-state index contributed by atoms with van der Waals surface area (Å²) in [6, 6.07) is 2.76. The van der Waals surface area contributed by atoms with Crippen molar-refractivity contribution in [1.29, 1.82) is 0 Å². The summed E-state index contributed by atoms with van der Waals surface area (Å²) in [6.07, 6.45) is -5.00. The molecule has 0 fully saturated rings. The lowest BCUT2D eigenvalue weighted by molar-refractivity contribution is -0.140. The Labute approximate surface area is 149 Å². The molecule has 1 aromatic carbocycles. The van der Waals surface area contributed by atoms with E-state index in [1.54, 1.807) is 13.8 Å². The van der Waals surface area contributed by atoms with E-state index in [-0.39, 0.29) is 37.5 Å². The third kappa shape index (κ3) is 7.30. The van der Waals surface area contributed by atoms with Gasteiger partial charge >= 0.3 is 12.1 Å². The number of carboxylic acid groups (broad SMARTS) is 1. The van der Waals surface area contributed by atoms with Crippen LogP contribution in [0.25, 0.3) is 0 Å². The van der Waals surface area contributed by atoms with Crippen LogP contribution in [0.2, 0.25) is 0 Å². The number of methoxy groups -OCH3 is 1. The average Bonchev–Trinajstić information content (AvgIpc) is 2.45. The predicted octanol–water partition coefficient (Wildman–Crippen LogP) is 3.56. The molecule has 1 amide bonds. The number of halogens is 3. The molecule has 0 heterocycles. The van der Waals surface area contributed by atoms with Crippen molar-refractivity contribution in [2.45, 2.75) is 32.9 Å². The van der Waals surface area contributed by atoms with Crippen molar-refractivity contribution in [3.63, 3.8) is 0 Å². The largest absolute Gasteiger partial charge is 0.489 e. The van der Waals surface area contributed by atoms with Gasteiger partial charge in [-0.25, -0.2) is 0 Å². The number of hydrogen-bond donors (Lipinski definition) is 2. The fraction of sp³-hybridized carbons (Fsp3) is 0.529. The lowest BCUT2D eigenvalue weighted by Crippen LogP contribution is -2.25. The highest BCUT2D eigenvalue weighted by molar-refractivity contribution is 5.93. The Bertz CT molecular complexity index is 644. The second kappa shape index (κ2) is 8.88. The normalized spacial score (nSPS) is 11.9. The van der Waals surface area contributed by atoms with E-state index >= 15 is 0 Å². The summed E-state index contributed by atoms with van der Waals surface area (Å²) in [5.74, 6) is -1.60. The van der Waals surface area contributed by atoms with Gasteiger partial charge < -0.3 is 19.9 Å². The number of nitrogens with one attached hydrogen (secondary N) is 1. The third-order valence-electron chi connectivity index (χ3n) is 3.39. The quantitative estimate of drug-likeness (QED) is 0.643. The standard InChI is InChI=1S/C17H22F3NO5/c1-16(2,10-15(23)24)9-14(22)21-12-8-11(17(18,19)20)4-5-13(12)26-7-6-25-3/h4-5,8H,6-7,9-10H2,1-3H3,(H,21,22)(H,23,24). The van der Waals surface area contributed by atoms with Gasteiger partial charge in [-0.15, -0.1) is 0 Å². The number of amides is 1. The van der Waals surface area contributed by atoms with E-state index in [0.717, 1.165) is 18.2 Å². The van der Waals surface area contributed by atoms with Crippen molar-refractivity contribution < 1.29 is 37.3 Å². The second-order valence-electron chi connectivity index (χ2n) is 6.51. The van der Waals surface area contributed by atoms with Gasteiger partial charge in [-0.05, 0) is 23.6 Å². The second-order valence-corrected chi connectivity index (χ2v) is 6.51. The molecule has 0 saturated carbocycles. The van der Waals surface area contributed by atoms with E-state index in [0.29, 0.717) is 0 Å². The summed E-state index contributed by atoms with van der Waals surface area (Å²) < 4.78 is 48.9.